The van der Waals surface area contributed by atoms with Gasteiger partial charge < -0.3 is 15.4 Å². The zero-order chi connectivity index (χ0) is 19.8. The Kier molecular flexibility index (Phi) is 6.41. The lowest BCUT2D eigenvalue weighted by atomic mass is 10.2. The summed E-state index contributed by atoms with van der Waals surface area (Å²) in [5.41, 5.74) is 2.80. The van der Waals surface area contributed by atoms with Crippen LogP contribution < -0.4 is 15.4 Å². The van der Waals surface area contributed by atoms with Gasteiger partial charge in [-0.15, -0.1) is 0 Å². The number of hydrogen-bond donors (Lipinski definition) is 2. The van der Waals surface area contributed by atoms with E-state index in [0.717, 1.165) is 5.56 Å². The molecule has 142 valence electrons. The number of anilines is 2. The maximum absolute atomic E-state index is 12.6. The highest BCUT2D eigenvalue weighted by atomic mass is 16.5. The number of carbonyl (C=O) groups is 2. The molecule has 0 saturated heterocycles. The summed E-state index contributed by atoms with van der Waals surface area (Å²) in [5.74, 6) is 0.302. The molecule has 3 aromatic rings. The van der Waals surface area contributed by atoms with E-state index in [1.54, 1.807) is 49.4 Å². The maximum atomic E-state index is 12.6. The predicted octanol–water partition coefficient (Wildman–Crippen LogP) is 4.87. The van der Waals surface area contributed by atoms with E-state index in [4.69, 9.17) is 4.74 Å². The molecule has 0 saturated carbocycles. The normalized spacial score (nSPS) is 10.2. The molecule has 0 aromatic heterocycles. The third-order valence-corrected chi connectivity index (χ3v) is 4.07. The van der Waals surface area contributed by atoms with Gasteiger partial charge in [0, 0.05) is 23.4 Å². The first-order chi connectivity index (χ1) is 13.6. The number of carbonyl (C=O) groups excluding carboxylic acids is 2. The lowest BCUT2D eigenvalue weighted by molar-refractivity contribution is -0.115. The van der Waals surface area contributed by atoms with E-state index >= 15 is 0 Å². The van der Waals surface area contributed by atoms with Gasteiger partial charge in [-0.1, -0.05) is 49.4 Å². The lowest BCUT2D eigenvalue weighted by Gasteiger charge is -2.10. The van der Waals surface area contributed by atoms with Gasteiger partial charge in [0.15, 0.2) is 0 Å². The Balaban J connectivity index is 1.64. The van der Waals surface area contributed by atoms with Crippen LogP contribution in [0.5, 0.6) is 5.75 Å². The molecule has 2 N–H and O–H groups in total. The van der Waals surface area contributed by atoms with Crippen LogP contribution in [0.25, 0.3) is 0 Å². The first-order valence-electron chi connectivity index (χ1n) is 9.12. The molecule has 5 heteroatoms. The zero-order valence-electron chi connectivity index (χ0n) is 15.6. The van der Waals surface area contributed by atoms with Crippen molar-refractivity contribution in [1.29, 1.82) is 0 Å². The monoisotopic (exact) mass is 374 g/mol. The van der Waals surface area contributed by atoms with Crippen molar-refractivity contribution in [2.45, 2.75) is 20.0 Å². The van der Waals surface area contributed by atoms with Crippen LogP contribution >= 0.6 is 0 Å². The van der Waals surface area contributed by atoms with Gasteiger partial charge in [-0.05, 0) is 42.0 Å². The molecule has 2 amide bonds. The molecule has 3 rings (SSSR count). The Morgan fingerprint density at radius 2 is 1.54 bits per heavy atom. The van der Waals surface area contributed by atoms with E-state index in [1.807, 2.05) is 36.4 Å². The van der Waals surface area contributed by atoms with Crippen molar-refractivity contribution < 1.29 is 14.3 Å². The Morgan fingerprint density at radius 1 is 0.821 bits per heavy atom. The number of benzene rings is 3. The fraction of sp³-hybridized carbons (Fsp3) is 0.130. The van der Waals surface area contributed by atoms with Crippen LogP contribution in [0.4, 0.5) is 11.4 Å². The van der Waals surface area contributed by atoms with E-state index in [1.165, 1.54) is 0 Å². The van der Waals surface area contributed by atoms with E-state index < -0.39 is 0 Å². The van der Waals surface area contributed by atoms with Crippen LogP contribution in [-0.4, -0.2) is 11.8 Å². The van der Waals surface area contributed by atoms with Crippen LogP contribution in [0.15, 0.2) is 78.9 Å². The van der Waals surface area contributed by atoms with Gasteiger partial charge >= 0.3 is 0 Å². The molecular formula is C23H22N2O3. The highest BCUT2D eigenvalue weighted by Crippen LogP contribution is 2.19. The fourth-order valence-corrected chi connectivity index (χ4v) is 2.60. The van der Waals surface area contributed by atoms with E-state index in [-0.39, 0.29) is 11.8 Å². The van der Waals surface area contributed by atoms with Crippen molar-refractivity contribution in [3.63, 3.8) is 0 Å². The van der Waals surface area contributed by atoms with Gasteiger partial charge in [0.1, 0.15) is 12.4 Å². The highest BCUT2D eigenvalue weighted by Gasteiger charge is 2.08. The molecule has 0 atom stereocenters. The van der Waals surface area contributed by atoms with Crippen molar-refractivity contribution in [3.8, 4) is 5.75 Å². The molecule has 5 nitrogen and oxygen atoms in total. The Hall–Kier alpha value is -3.60. The van der Waals surface area contributed by atoms with Crippen LogP contribution in [0.3, 0.4) is 0 Å². The summed E-state index contributed by atoms with van der Waals surface area (Å²) in [6.45, 7) is 2.22. The van der Waals surface area contributed by atoms with Gasteiger partial charge in [0.25, 0.3) is 5.91 Å². The number of hydrogen-bond acceptors (Lipinski definition) is 3. The van der Waals surface area contributed by atoms with Crippen LogP contribution in [0.1, 0.15) is 29.3 Å². The van der Waals surface area contributed by atoms with Crippen molar-refractivity contribution in [2.24, 2.45) is 0 Å². The molecule has 0 aliphatic heterocycles. The fourth-order valence-electron chi connectivity index (χ4n) is 2.60. The van der Waals surface area contributed by atoms with Gasteiger partial charge in [-0.25, -0.2) is 0 Å². The minimum Gasteiger partial charge on any atom is -0.489 e. The van der Waals surface area contributed by atoms with E-state index in [9.17, 15) is 9.59 Å². The quantitative estimate of drug-likeness (QED) is 0.620. The second-order valence-corrected chi connectivity index (χ2v) is 6.24. The lowest BCUT2D eigenvalue weighted by Crippen LogP contribution is -2.13. The Labute approximate surface area is 164 Å². The molecule has 0 bridgehead atoms. The topological polar surface area (TPSA) is 67.4 Å². The molecule has 28 heavy (non-hydrogen) atoms. The van der Waals surface area contributed by atoms with E-state index in [0.29, 0.717) is 35.7 Å². The molecule has 0 heterocycles. The minimum absolute atomic E-state index is 0.0771. The first-order valence-corrected chi connectivity index (χ1v) is 9.12. The summed E-state index contributed by atoms with van der Waals surface area (Å²) < 4.78 is 5.78. The van der Waals surface area contributed by atoms with Crippen LogP contribution in [0, 0.1) is 0 Å². The summed E-state index contributed by atoms with van der Waals surface area (Å²) in [5, 5.41) is 5.62. The summed E-state index contributed by atoms with van der Waals surface area (Å²) in [4.78, 5) is 24.1. The van der Waals surface area contributed by atoms with Crippen molar-refractivity contribution in [2.75, 3.05) is 10.6 Å². The largest absolute Gasteiger partial charge is 0.489 e. The van der Waals surface area contributed by atoms with Crippen LogP contribution in [0.2, 0.25) is 0 Å². The summed E-state index contributed by atoms with van der Waals surface area (Å²) in [6, 6.07) is 23.9. The molecule has 0 aliphatic rings. The molecule has 0 fully saturated rings. The van der Waals surface area contributed by atoms with Gasteiger partial charge in [-0.2, -0.15) is 0 Å². The predicted molar refractivity (Wildman–Crippen MR) is 111 cm³/mol. The molecule has 0 unspecified atom stereocenters. The average molecular weight is 374 g/mol. The molecule has 3 aromatic carbocycles. The third kappa shape index (κ3) is 5.45. The van der Waals surface area contributed by atoms with E-state index in [2.05, 4.69) is 10.6 Å². The number of nitrogens with one attached hydrogen (secondary N) is 2. The first kappa shape index (κ1) is 19.2. The molecular weight excluding hydrogens is 352 g/mol. The molecule has 0 spiro atoms. The second kappa shape index (κ2) is 9.37. The van der Waals surface area contributed by atoms with Gasteiger partial charge in [0.2, 0.25) is 5.91 Å². The number of rotatable bonds is 7. The Bertz CT molecular complexity index is 955. The third-order valence-electron chi connectivity index (χ3n) is 4.07. The van der Waals surface area contributed by atoms with Gasteiger partial charge in [-0.3, -0.25) is 9.59 Å². The SMILES string of the molecule is CCC(=O)Nc1cccc(NC(=O)c2cccc(OCc3ccccc3)c2)c1. The maximum Gasteiger partial charge on any atom is 0.255 e. The molecule has 0 radical (unpaired) electrons. The number of ether oxygens (including phenoxy) is 1. The van der Waals surface area contributed by atoms with Gasteiger partial charge in [0.05, 0.1) is 0 Å². The van der Waals surface area contributed by atoms with Crippen molar-refractivity contribution in [3.05, 3.63) is 90.0 Å². The summed E-state index contributed by atoms with van der Waals surface area (Å²) >= 11 is 0. The number of amides is 2. The summed E-state index contributed by atoms with van der Waals surface area (Å²) in [6.07, 6.45) is 0.395. The zero-order valence-corrected chi connectivity index (χ0v) is 15.6. The van der Waals surface area contributed by atoms with Crippen molar-refractivity contribution in [1.82, 2.24) is 0 Å². The smallest absolute Gasteiger partial charge is 0.255 e. The second-order valence-electron chi connectivity index (χ2n) is 6.24. The minimum atomic E-state index is -0.246. The standard InChI is InChI=1S/C23H22N2O3/c1-2-22(26)24-19-11-7-12-20(15-19)25-23(27)18-10-6-13-21(14-18)28-16-17-8-4-3-5-9-17/h3-15H,2,16H2,1H3,(H,24,26)(H,25,27). The average Bonchev–Trinajstić information content (AvgIpc) is 2.73. The van der Waals surface area contributed by atoms with Crippen LogP contribution in [-0.2, 0) is 11.4 Å². The Morgan fingerprint density at radius 3 is 2.29 bits per heavy atom. The molecule has 0 aliphatic carbocycles. The van der Waals surface area contributed by atoms with Crippen molar-refractivity contribution >= 4 is 23.2 Å². The highest BCUT2D eigenvalue weighted by molar-refractivity contribution is 6.05. The summed E-state index contributed by atoms with van der Waals surface area (Å²) in [7, 11) is 0.